The maximum absolute atomic E-state index is 11.8. The molecular weight excluding hydrogens is 264 g/mol. The first kappa shape index (κ1) is 15.6. The Morgan fingerprint density at radius 1 is 1.53 bits per heavy atom. The minimum Gasteiger partial charge on any atom is -0.550 e. The van der Waals surface area contributed by atoms with Crippen molar-refractivity contribution in [3.05, 3.63) is 11.6 Å². The third-order valence-electron chi connectivity index (χ3n) is 3.04. The summed E-state index contributed by atoms with van der Waals surface area (Å²) in [6.07, 6.45) is 4.10. The number of rotatable bonds is 8. The van der Waals surface area contributed by atoms with Crippen LogP contribution in [0.25, 0.3) is 0 Å². The Labute approximate surface area is 117 Å². The Bertz CT molecular complexity index is 406. The second-order valence-corrected chi connectivity index (χ2v) is 5.53. The van der Waals surface area contributed by atoms with Crippen LogP contribution in [-0.4, -0.2) is 16.9 Å². The Hall–Kier alpha value is -1.43. The molecule has 1 heterocycles. The Kier molecular flexibility index (Phi) is 6.49. The van der Waals surface area contributed by atoms with E-state index in [9.17, 15) is 14.7 Å². The number of unbranched alkanes of at least 4 members (excludes halogenated alkanes) is 1. The maximum atomic E-state index is 11.8. The predicted octanol–water partition coefficient (Wildman–Crippen LogP) is 1.66. The molecule has 5 nitrogen and oxygen atoms in total. The molecule has 106 valence electrons. The molecule has 0 bridgehead atoms. The molecule has 0 unspecified atom stereocenters. The summed E-state index contributed by atoms with van der Waals surface area (Å²) in [4.78, 5) is 26.8. The molecule has 1 rings (SSSR count). The molecule has 0 spiro atoms. The van der Waals surface area contributed by atoms with Crippen molar-refractivity contribution in [3.8, 4) is 0 Å². The van der Waals surface area contributed by atoms with Gasteiger partial charge >= 0.3 is 0 Å². The number of amides is 1. The fourth-order valence-electron chi connectivity index (χ4n) is 1.95. The van der Waals surface area contributed by atoms with Gasteiger partial charge in [-0.2, -0.15) is 0 Å². The van der Waals surface area contributed by atoms with Gasteiger partial charge in [-0.15, -0.1) is 11.3 Å². The molecule has 0 radical (unpaired) electrons. The molecule has 19 heavy (non-hydrogen) atoms. The van der Waals surface area contributed by atoms with E-state index in [0.717, 1.165) is 12.8 Å². The number of aromatic nitrogens is 1. The molecule has 6 heteroatoms. The minimum atomic E-state index is -1.07. The van der Waals surface area contributed by atoms with E-state index in [2.05, 4.69) is 10.3 Å². The van der Waals surface area contributed by atoms with Crippen molar-refractivity contribution in [1.82, 2.24) is 4.98 Å². The number of anilines is 1. The van der Waals surface area contributed by atoms with Crippen LogP contribution < -0.4 is 10.4 Å². The summed E-state index contributed by atoms with van der Waals surface area (Å²) >= 11 is 1.34. The normalized spacial score (nSPS) is 13.8. The van der Waals surface area contributed by atoms with Gasteiger partial charge in [-0.25, -0.2) is 4.98 Å². The second-order valence-electron chi connectivity index (χ2n) is 4.63. The number of hydrogen-bond acceptors (Lipinski definition) is 5. The first-order valence-corrected chi connectivity index (χ1v) is 7.32. The monoisotopic (exact) mass is 283 g/mol. The number of nitrogens with zero attached hydrogens (tertiary/aromatic N) is 1. The SMILES string of the molecule is CCCC[C@@H](C(=O)[O-])[C@H](C)CC(=O)Nc1nccs1. The first-order chi connectivity index (χ1) is 9.04. The quantitative estimate of drug-likeness (QED) is 0.786. The van der Waals surface area contributed by atoms with Gasteiger partial charge < -0.3 is 15.2 Å². The van der Waals surface area contributed by atoms with E-state index in [1.165, 1.54) is 11.3 Å². The zero-order chi connectivity index (χ0) is 14.3. The number of aliphatic carboxylic acids is 1. The standard InChI is InChI=1S/C13H20N2O3S/c1-3-4-5-10(12(17)18)9(2)8-11(16)15-13-14-6-7-19-13/h6-7,9-10H,3-5,8H2,1-2H3,(H,17,18)(H,14,15,16)/p-1/t9-,10-/m1/s1. The molecule has 0 aromatic carbocycles. The van der Waals surface area contributed by atoms with Gasteiger partial charge in [0, 0.05) is 29.9 Å². The van der Waals surface area contributed by atoms with Gasteiger partial charge in [0.05, 0.1) is 0 Å². The molecule has 0 saturated carbocycles. The first-order valence-electron chi connectivity index (χ1n) is 6.44. The lowest BCUT2D eigenvalue weighted by molar-refractivity contribution is -0.313. The van der Waals surface area contributed by atoms with E-state index < -0.39 is 11.9 Å². The average molecular weight is 283 g/mol. The highest BCUT2D eigenvalue weighted by Gasteiger charge is 2.21. The van der Waals surface area contributed by atoms with Crippen LogP contribution in [0.2, 0.25) is 0 Å². The number of thiazole rings is 1. The zero-order valence-electron chi connectivity index (χ0n) is 11.2. The van der Waals surface area contributed by atoms with Gasteiger partial charge in [-0.3, -0.25) is 4.79 Å². The van der Waals surface area contributed by atoms with Crippen molar-refractivity contribution in [2.75, 3.05) is 5.32 Å². The average Bonchev–Trinajstić information content (AvgIpc) is 2.81. The van der Waals surface area contributed by atoms with E-state index in [-0.39, 0.29) is 18.2 Å². The lowest BCUT2D eigenvalue weighted by atomic mass is 9.87. The van der Waals surface area contributed by atoms with Gasteiger partial charge in [0.25, 0.3) is 0 Å². The topological polar surface area (TPSA) is 82.1 Å². The Balaban J connectivity index is 2.48. The molecular formula is C13H19N2O3S-. The van der Waals surface area contributed by atoms with Crippen LogP contribution in [0.15, 0.2) is 11.6 Å². The number of carbonyl (C=O) groups excluding carboxylic acids is 2. The van der Waals surface area contributed by atoms with Gasteiger partial charge in [0.1, 0.15) is 0 Å². The third-order valence-corrected chi connectivity index (χ3v) is 3.73. The number of carbonyl (C=O) groups is 2. The fraction of sp³-hybridized carbons (Fsp3) is 0.615. The highest BCUT2D eigenvalue weighted by atomic mass is 32.1. The number of carboxylic acids is 1. The smallest absolute Gasteiger partial charge is 0.226 e. The van der Waals surface area contributed by atoms with Crippen LogP contribution in [0.1, 0.15) is 39.5 Å². The van der Waals surface area contributed by atoms with E-state index >= 15 is 0 Å². The van der Waals surface area contributed by atoms with Crippen LogP contribution in [0.3, 0.4) is 0 Å². The molecule has 0 aliphatic heterocycles. The van der Waals surface area contributed by atoms with Gasteiger partial charge in [-0.05, 0) is 12.3 Å². The van der Waals surface area contributed by atoms with Crippen molar-refractivity contribution < 1.29 is 14.7 Å². The molecule has 1 aromatic rings. The summed E-state index contributed by atoms with van der Waals surface area (Å²) in [7, 11) is 0. The summed E-state index contributed by atoms with van der Waals surface area (Å²) in [5.41, 5.74) is 0. The molecule has 1 amide bonds. The van der Waals surface area contributed by atoms with Gasteiger partial charge in [-0.1, -0.05) is 26.7 Å². The van der Waals surface area contributed by atoms with Crippen molar-refractivity contribution in [2.45, 2.75) is 39.5 Å². The largest absolute Gasteiger partial charge is 0.550 e. The molecule has 0 fully saturated rings. The lowest BCUT2D eigenvalue weighted by Crippen LogP contribution is -2.36. The number of hydrogen-bond donors (Lipinski definition) is 1. The van der Waals surface area contributed by atoms with E-state index in [4.69, 9.17) is 0 Å². The zero-order valence-corrected chi connectivity index (χ0v) is 12.0. The summed E-state index contributed by atoms with van der Waals surface area (Å²) in [6.45, 7) is 3.78. The van der Waals surface area contributed by atoms with Crippen LogP contribution >= 0.6 is 11.3 Å². The van der Waals surface area contributed by atoms with E-state index in [0.29, 0.717) is 11.6 Å². The van der Waals surface area contributed by atoms with Crippen molar-refractivity contribution >= 4 is 28.3 Å². The molecule has 1 aromatic heterocycles. The Morgan fingerprint density at radius 2 is 2.26 bits per heavy atom. The van der Waals surface area contributed by atoms with Crippen molar-refractivity contribution in [2.24, 2.45) is 11.8 Å². The Morgan fingerprint density at radius 3 is 2.79 bits per heavy atom. The van der Waals surface area contributed by atoms with Crippen LogP contribution in [0, 0.1) is 11.8 Å². The minimum absolute atomic E-state index is 0.169. The molecule has 0 saturated heterocycles. The molecule has 1 N–H and O–H groups in total. The highest BCUT2D eigenvalue weighted by molar-refractivity contribution is 7.13. The van der Waals surface area contributed by atoms with Crippen molar-refractivity contribution in [3.63, 3.8) is 0 Å². The predicted molar refractivity (Wildman–Crippen MR) is 72.5 cm³/mol. The van der Waals surface area contributed by atoms with Gasteiger partial charge in [0.15, 0.2) is 5.13 Å². The van der Waals surface area contributed by atoms with E-state index in [1.54, 1.807) is 18.5 Å². The second kappa shape index (κ2) is 7.89. The summed E-state index contributed by atoms with van der Waals surface area (Å²) < 4.78 is 0. The van der Waals surface area contributed by atoms with Crippen LogP contribution in [0.5, 0.6) is 0 Å². The summed E-state index contributed by atoms with van der Waals surface area (Å²) in [5.74, 6) is -2.08. The maximum Gasteiger partial charge on any atom is 0.226 e. The van der Waals surface area contributed by atoms with Crippen LogP contribution in [-0.2, 0) is 9.59 Å². The fourth-order valence-corrected chi connectivity index (χ4v) is 2.49. The summed E-state index contributed by atoms with van der Waals surface area (Å²) in [6, 6.07) is 0. The third kappa shape index (κ3) is 5.38. The van der Waals surface area contributed by atoms with Crippen LogP contribution in [0.4, 0.5) is 5.13 Å². The van der Waals surface area contributed by atoms with E-state index in [1.807, 2.05) is 6.92 Å². The van der Waals surface area contributed by atoms with Gasteiger partial charge in [0.2, 0.25) is 5.91 Å². The molecule has 0 aliphatic carbocycles. The number of nitrogens with one attached hydrogen (secondary N) is 1. The number of carboxylic acid groups (broad SMARTS) is 1. The molecule has 0 aliphatic rings. The molecule has 2 atom stereocenters. The summed E-state index contributed by atoms with van der Waals surface area (Å²) in [5, 5.41) is 16.1. The lowest BCUT2D eigenvalue weighted by Gasteiger charge is -2.24. The highest BCUT2D eigenvalue weighted by Crippen LogP contribution is 2.22. The van der Waals surface area contributed by atoms with Crippen molar-refractivity contribution in [1.29, 1.82) is 0 Å².